The lowest BCUT2D eigenvalue weighted by Gasteiger charge is -2.21. The van der Waals surface area contributed by atoms with Crippen molar-refractivity contribution in [3.8, 4) is 0 Å². The minimum absolute atomic E-state index is 0.0340. The molecule has 3 N–H and O–H groups in total. The van der Waals surface area contributed by atoms with Crippen LogP contribution >= 0.6 is 0 Å². The molecule has 1 heterocycles. The molecule has 1 aromatic rings. The van der Waals surface area contributed by atoms with Gasteiger partial charge in [-0.15, -0.1) is 0 Å². The lowest BCUT2D eigenvalue weighted by atomic mass is 9.96. The van der Waals surface area contributed by atoms with Crippen LogP contribution in [0.1, 0.15) is 32.4 Å². The van der Waals surface area contributed by atoms with E-state index in [0.717, 1.165) is 18.9 Å². The van der Waals surface area contributed by atoms with Crippen molar-refractivity contribution in [1.82, 2.24) is 9.97 Å². The molecule has 0 saturated carbocycles. The Balaban J connectivity index is 2.83. The van der Waals surface area contributed by atoms with E-state index in [1.54, 1.807) is 0 Å². The Morgan fingerprint density at radius 3 is 2.33 bits per heavy atom. The number of aromatic nitrogens is 2. The Morgan fingerprint density at radius 2 is 1.86 bits per heavy atom. The Kier molecular flexibility index (Phi) is 6.19. The fraction of sp³-hybridized carbons (Fsp3) is 0.692. The molecule has 1 atom stereocenters. The van der Waals surface area contributed by atoms with Gasteiger partial charge in [-0.05, 0) is 5.92 Å². The number of aliphatic hydroxyl groups excluding tert-OH is 1. The first-order valence-corrected chi connectivity index (χ1v) is 6.87. The SMILES string of the molecule is CCC(CC)C(O)CNc1cc(C(F)(F)F)nc(NC)n1. The average Bonchev–Trinajstić information content (AvgIpc) is 2.45. The van der Waals surface area contributed by atoms with Crippen molar-refractivity contribution in [2.75, 3.05) is 24.2 Å². The number of hydrogen-bond donors (Lipinski definition) is 3. The predicted molar refractivity (Wildman–Crippen MR) is 75.1 cm³/mol. The van der Waals surface area contributed by atoms with Crippen molar-refractivity contribution in [3.05, 3.63) is 11.8 Å². The third kappa shape index (κ3) is 5.04. The maximum atomic E-state index is 12.7. The standard InChI is InChI=1S/C13H21F3N4O/c1-4-8(5-2)9(21)7-18-11-6-10(13(14,15)16)19-12(17-3)20-11/h6,8-9,21H,4-5,7H2,1-3H3,(H2,17,18,19,20). The summed E-state index contributed by atoms with van der Waals surface area (Å²) in [5, 5.41) is 15.2. The van der Waals surface area contributed by atoms with E-state index in [0.29, 0.717) is 0 Å². The van der Waals surface area contributed by atoms with Crippen LogP contribution in [-0.2, 0) is 6.18 Å². The van der Waals surface area contributed by atoms with Crippen LogP contribution in [-0.4, -0.2) is 34.8 Å². The molecule has 1 rings (SSSR count). The largest absolute Gasteiger partial charge is 0.433 e. The molecule has 8 heteroatoms. The second-order valence-corrected chi connectivity index (χ2v) is 4.73. The molecule has 0 aliphatic heterocycles. The fourth-order valence-electron chi connectivity index (χ4n) is 2.00. The Morgan fingerprint density at radius 1 is 1.24 bits per heavy atom. The summed E-state index contributed by atoms with van der Waals surface area (Å²) in [5.41, 5.74) is -1.03. The van der Waals surface area contributed by atoms with E-state index < -0.39 is 18.0 Å². The number of rotatable bonds is 7. The van der Waals surface area contributed by atoms with Gasteiger partial charge < -0.3 is 15.7 Å². The van der Waals surface area contributed by atoms with Gasteiger partial charge in [-0.1, -0.05) is 26.7 Å². The summed E-state index contributed by atoms with van der Waals surface area (Å²) >= 11 is 0. The van der Waals surface area contributed by atoms with Crippen molar-refractivity contribution < 1.29 is 18.3 Å². The zero-order valence-corrected chi connectivity index (χ0v) is 12.3. The van der Waals surface area contributed by atoms with Crippen LogP contribution in [0, 0.1) is 5.92 Å². The zero-order valence-electron chi connectivity index (χ0n) is 12.3. The smallest absolute Gasteiger partial charge is 0.391 e. The molecule has 1 aromatic heterocycles. The highest BCUT2D eigenvalue weighted by atomic mass is 19.4. The molecule has 0 fully saturated rings. The van der Waals surface area contributed by atoms with E-state index in [-0.39, 0.29) is 24.2 Å². The molecule has 0 amide bonds. The van der Waals surface area contributed by atoms with Gasteiger partial charge in [0, 0.05) is 19.7 Å². The second-order valence-electron chi connectivity index (χ2n) is 4.73. The van der Waals surface area contributed by atoms with Crippen LogP contribution in [0.2, 0.25) is 0 Å². The average molecular weight is 306 g/mol. The first-order chi connectivity index (χ1) is 9.81. The van der Waals surface area contributed by atoms with Crippen LogP contribution in [0.4, 0.5) is 24.9 Å². The number of nitrogens with zero attached hydrogens (tertiary/aromatic N) is 2. The molecule has 120 valence electrons. The van der Waals surface area contributed by atoms with Gasteiger partial charge in [0.15, 0.2) is 5.69 Å². The Bertz CT molecular complexity index is 450. The highest BCUT2D eigenvalue weighted by molar-refractivity contribution is 5.43. The zero-order chi connectivity index (χ0) is 16.0. The minimum atomic E-state index is -4.54. The van der Waals surface area contributed by atoms with Crippen molar-refractivity contribution in [3.63, 3.8) is 0 Å². The number of aliphatic hydroxyl groups is 1. The van der Waals surface area contributed by atoms with E-state index >= 15 is 0 Å². The molecule has 0 aromatic carbocycles. The fourth-order valence-corrected chi connectivity index (χ4v) is 2.00. The van der Waals surface area contributed by atoms with E-state index in [1.807, 2.05) is 13.8 Å². The van der Waals surface area contributed by atoms with Crippen molar-refractivity contribution in [2.24, 2.45) is 5.92 Å². The monoisotopic (exact) mass is 306 g/mol. The molecule has 0 bridgehead atoms. The first kappa shape index (κ1) is 17.5. The lowest BCUT2D eigenvalue weighted by Crippen LogP contribution is -2.28. The number of anilines is 2. The molecule has 21 heavy (non-hydrogen) atoms. The summed E-state index contributed by atoms with van der Waals surface area (Å²) in [6, 6.07) is 0.834. The van der Waals surface area contributed by atoms with Gasteiger partial charge in [0.1, 0.15) is 5.82 Å². The van der Waals surface area contributed by atoms with Crippen LogP contribution in [0.3, 0.4) is 0 Å². The number of halogens is 3. The molecule has 0 aliphatic carbocycles. The summed E-state index contributed by atoms with van der Waals surface area (Å²) < 4.78 is 38.2. The van der Waals surface area contributed by atoms with Crippen molar-refractivity contribution in [1.29, 1.82) is 0 Å². The third-order valence-corrected chi connectivity index (χ3v) is 3.33. The lowest BCUT2D eigenvalue weighted by molar-refractivity contribution is -0.141. The van der Waals surface area contributed by atoms with Crippen LogP contribution in [0.5, 0.6) is 0 Å². The summed E-state index contributed by atoms with van der Waals surface area (Å²) in [6.45, 7) is 4.07. The van der Waals surface area contributed by atoms with Gasteiger partial charge >= 0.3 is 6.18 Å². The van der Waals surface area contributed by atoms with Crippen LogP contribution in [0.15, 0.2) is 6.07 Å². The van der Waals surface area contributed by atoms with Crippen LogP contribution < -0.4 is 10.6 Å². The highest BCUT2D eigenvalue weighted by Gasteiger charge is 2.33. The minimum Gasteiger partial charge on any atom is -0.391 e. The van der Waals surface area contributed by atoms with E-state index in [2.05, 4.69) is 20.6 Å². The summed E-state index contributed by atoms with van der Waals surface area (Å²) in [5.74, 6) is 0.0150. The molecule has 0 radical (unpaired) electrons. The summed E-state index contributed by atoms with van der Waals surface area (Å²) in [7, 11) is 1.44. The molecule has 0 spiro atoms. The Hall–Kier alpha value is -1.57. The first-order valence-electron chi connectivity index (χ1n) is 6.87. The van der Waals surface area contributed by atoms with Gasteiger partial charge in [-0.3, -0.25) is 0 Å². The predicted octanol–water partition coefficient (Wildman–Crippen LogP) is 2.75. The maximum absolute atomic E-state index is 12.7. The summed E-state index contributed by atoms with van der Waals surface area (Å²) in [6.07, 6.45) is -3.57. The molecular formula is C13H21F3N4O. The molecule has 0 saturated heterocycles. The van der Waals surface area contributed by atoms with Gasteiger partial charge in [0.2, 0.25) is 5.95 Å². The normalized spacial score (nSPS) is 13.3. The molecular weight excluding hydrogens is 285 g/mol. The third-order valence-electron chi connectivity index (χ3n) is 3.33. The second kappa shape index (κ2) is 7.44. The molecule has 0 aliphatic rings. The molecule has 1 unspecified atom stereocenters. The maximum Gasteiger partial charge on any atom is 0.433 e. The van der Waals surface area contributed by atoms with E-state index in [1.165, 1.54) is 7.05 Å². The number of nitrogens with one attached hydrogen (secondary N) is 2. The van der Waals surface area contributed by atoms with Gasteiger partial charge in [0.05, 0.1) is 6.10 Å². The van der Waals surface area contributed by atoms with Crippen molar-refractivity contribution in [2.45, 2.75) is 39.0 Å². The van der Waals surface area contributed by atoms with Gasteiger partial charge in [-0.2, -0.15) is 18.2 Å². The number of alkyl halides is 3. The Labute approximate surface area is 122 Å². The quantitative estimate of drug-likeness (QED) is 0.722. The van der Waals surface area contributed by atoms with Gasteiger partial charge in [0.25, 0.3) is 0 Å². The summed E-state index contributed by atoms with van der Waals surface area (Å²) in [4.78, 5) is 7.27. The number of hydrogen-bond acceptors (Lipinski definition) is 5. The van der Waals surface area contributed by atoms with E-state index in [4.69, 9.17) is 0 Å². The van der Waals surface area contributed by atoms with Crippen molar-refractivity contribution >= 4 is 11.8 Å². The van der Waals surface area contributed by atoms with Crippen LogP contribution in [0.25, 0.3) is 0 Å². The highest BCUT2D eigenvalue weighted by Crippen LogP contribution is 2.29. The van der Waals surface area contributed by atoms with E-state index in [9.17, 15) is 18.3 Å². The molecule has 5 nitrogen and oxygen atoms in total. The topological polar surface area (TPSA) is 70.1 Å². The van der Waals surface area contributed by atoms with Gasteiger partial charge in [-0.25, -0.2) is 4.98 Å².